The maximum absolute atomic E-state index is 13.8. The lowest BCUT2D eigenvalue weighted by molar-refractivity contribution is 0.532. The molecule has 106 valence electrons. The molecule has 1 aliphatic heterocycles. The molecule has 1 N–H and O–H groups in total. The maximum Gasteiger partial charge on any atom is 0.137 e. The first-order valence-electron chi connectivity index (χ1n) is 6.87. The van der Waals surface area contributed by atoms with Gasteiger partial charge in [0.1, 0.15) is 5.82 Å². The molecule has 2 heterocycles. The minimum absolute atomic E-state index is 0.114. The van der Waals surface area contributed by atoms with Crippen molar-refractivity contribution in [1.29, 1.82) is 0 Å². The van der Waals surface area contributed by atoms with Crippen molar-refractivity contribution >= 4 is 17.4 Å². The summed E-state index contributed by atoms with van der Waals surface area (Å²) in [6.45, 7) is 4.19. The van der Waals surface area contributed by atoms with Gasteiger partial charge < -0.3 is 5.32 Å². The molecule has 3 rings (SSSR count). The fraction of sp³-hybridized carbons (Fsp3) is 0.400. The van der Waals surface area contributed by atoms with Crippen molar-refractivity contribution in [2.24, 2.45) is 0 Å². The van der Waals surface area contributed by atoms with Gasteiger partial charge in [-0.25, -0.2) is 4.39 Å². The second kappa shape index (κ2) is 5.48. The number of nitrogens with zero attached hydrogens (tertiary/aromatic N) is 2. The maximum atomic E-state index is 13.8. The zero-order valence-electron chi connectivity index (χ0n) is 11.6. The summed E-state index contributed by atoms with van der Waals surface area (Å²) in [6, 6.07) is 5.83. The molecular weight excluding hydrogens is 273 g/mol. The smallest absolute Gasteiger partial charge is 0.137 e. The molecule has 2 aromatic rings. The second-order valence-electron chi connectivity index (χ2n) is 5.30. The zero-order chi connectivity index (χ0) is 14.1. The Morgan fingerprint density at radius 1 is 1.45 bits per heavy atom. The van der Waals surface area contributed by atoms with Gasteiger partial charge in [0.2, 0.25) is 0 Å². The summed E-state index contributed by atoms with van der Waals surface area (Å²) in [5.74, 6) is 0.820. The molecule has 0 radical (unpaired) electrons. The molecule has 1 unspecified atom stereocenters. The predicted octanol–water partition coefficient (Wildman–Crippen LogP) is 4.25. The van der Waals surface area contributed by atoms with E-state index in [4.69, 9.17) is 0 Å². The van der Waals surface area contributed by atoms with Crippen LogP contribution in [0.25, 0.3) is 0 Å². The first kappa shape index (κ1) is 13.5. The minimum atomic E-state index is -0.114. The van der Waals surface area contributed by atoms with E-state index in [1.807, 2.05) is 23.1 Å². The third-order valence-electron chi connectivity index (χ3n) is 3.50. The van der Waals surface area contributed by atoms with E-state index in [0.717, 1.165) is 28.3 Å². The van der Waals surface area contributed by atoms with Crippen LogP contribution in [0.1, 0.15) is 37.9 Å². The van der Waals surface area contributed by atoms with Crippen LogP contribution in [-0.2, 0) is 0 Å². The van der Waals surface area contributed by atoms with Crippen molar-refractivity contribution in [3.05, 3.63) is 42.0 Å². The highest BCUT2D eigenvalue weighted by molar-refractivity contribution is 7.99. The van der Waals surface area contributed by atoms with E-state index in [1.54, 1.807) is 17.8 Å². The van der Waals surface area contributed by atoms with E-state index in [-0.39, 0.29) is 11.9 Å². The lowest BCUT2D eigenvalue weighted by Crippen LogP contribution is -2.16. The predicted molar refractivity (Wildman–Crippen MR) is 80.7 cm³/mol. The van der Waals surface area contributed by atoms with Gasteiger partial charge >= 0.3 is 0 Å². The number of halogens is 1. The molecule has 0 saturated carbocycles. The summed E-state index contributed by atoms with van der Waals surface area (Å²) < 4.78 is 15.8. The van der Waals surface area contributed by atoms with Gasteiger partial charge in [0, 0.05) is 22.9 Å². The zero-order valence-corrected chi connectivity index (χ0v) is 12.5. The Hall–Kier alpha value is -1.49. The highest BCUT2D eigenvalue weighted by Crippen LogP contribution is 2.39. The van der Waals surface area contributed by atoms with Gasteiger partial charge in [0.15, 0.2) is 0 Å². The van der Waals surface area contributed by atoms with Gasteiger partial charge in [-0.3, -0.25) is 4.68 Å². The summed E-state index contributed by atoms with van der Waals surface area (Å²) in [4.78, 5) is 0.785. The topological polar surface area (TPSA) is 29.9 Å². The first-order chi connectivity index (χ1) is 9.65. The number of anilines is 1. The Morgan fingerprint density at radius 3 is 3.05 bits per heavy atom. The average Bonchev–Trinajstić information content (AvgIpc) is 2.89. The summed E-state index contributed by atoms with van der Waals surface area (Å²) in [6.07, 6.45) is 4.83. The van der Waals surface area contributed by atoms with Crippen molar-refractivity contribution < 1.29 is 4.39 Å². The largest absolute Gasteiger partial charge is 0.376 e. The van der Waals surface area contributed by atoms with Gasteiger partial charge in [-0.15, -0.1) is 11.8 Å². The summed E-state index contributed by atoms with van der Waals surface area (Å²) >= 11 is 1.60. The molecule has 0 amide bonds. The number of hydrogen-bond acceptors (Lipinski definition) is 3. The third kappa shape index (κ3) is 2.54. The average molecular weight is 291 g/mol. The number of fused-ring (bicyclic) bond motifs is 1. The van der Waals surface area contributed by atoms with Crippen molar-refractivity contribution in [3.63, 3.8) is 0 Å². The van der Waals surface area contributed by atoms with Crippen LogP contribution >= 0.6 is 11.8 Å². The molecule has 1 aromatic heterocycles. The molecule has 0 saturated heterocycles. The summed E-state index contributed by atoms with van der Waals surface area (Å²) in [7, 11) is 0. The van der Waals surface area contributed by atoms with E-state index in [0.29, 0.717) is 6.04 Å². The third-order valence-corrected chi connectivity index (χ3v) is 4.66. The second-order valence-corrected chi connectivity index (χ2v) is 6.40. The minimum Gasteiger partial charge on any atom is -0.376 e. The lowest BCUT2D eigenvalue weighted by Gasteiger charge is -2.26. The molecule has 1 aliphatic rings. The van der Waals surface area contributed by atoms with Gasteiger partial charge in [-0.1, -0.05) is 12.1 Å². The fourth-order valence-corrected chi connectivity index (χ4v) is 3.57. The summed E-state index contributed by atoms with van der Waals surface area (Å²) in [5.41, 5.74) is 2.05. The van der Waals surface area contributed by atoms with Gasteiger partial charge in [0.25, 0.3) is 0 Å². The normalized spacial score (nSPS) is 18.1. The number of hydrogen-bond donors (Lipinski definition) is 1. The molecule has 20 heavy (non-hydrogen) atoms. The number of thioether (sulfide) groups is 1. The van der Waals surface area contributed by atoms with E-state index < -0.39 is 0 Å². The molecule has 0 aliphatic carbocycles. The Bertz CT molecular complexity index is 609. The van der Waals surface area contributed by atoms with Crippen molar-refractivity contribution in [2.75, 3.05) is 11.1 Å². The first-order valence-corrected chi connectivity index (χ1v) is 7.85. The van der Waals surface area contributed by atoms with Gasteiger partial charge in [0.05, 0.1) is 17.9 Å². The van der Waals surface area contributed by atoms with Crippen LogP contribution in [0.5, 0.6) is 0 Å². The number of aromatic nitrogens is 2. The van der Waals surface area contributed by atoms with E-state index in [9.17, 15) is 4.39 Å². The Labute approximate surface area is 122 Å². The molecule has 1 atom stereocenters. The van der Waals surface area contributed by atoms with Crippen LogP contribution in [0.15, 0.2) is 35.5 Å². The SMILES string of the molecule is CC(C)n1cc(NC2CCSc3c(F)cccc32)cn1. The molecule has 0 spiro atoms. The quantitative estimate of drug-likeness (QED) is 0.916. The Balaban J connectivity index is 1.84. The monoisotopic (exact) mass is 291 g/mol. The van der Waals surface area contributed by atoms with Crippen LogP contribution in [0, 0.1) is 5.82 Å². The van der Waals surface area contributed by atoms with Crippen molar-refractivity contribution in [1.82, 2.24) is 9.78 Å². The number of rotatable bonds is 3. The number of benzene rings is 1. The van der Waals surface area contributed by atoms with E-state index in [2.05, 4.69) is 24.3 Å². The number of nitrogens with one attached hydrogen (secondary N) is 1. The molecule has 5 heteroatoms. The van der Waals surface area contributed by atoms with Crippen molar-refractivity contribution in [2.45, 2.75) is 37.2 Å². The Morgan fingerprint density at radius 2 is 2.30 bits per heavy atom. The Kier molecular flexibility index (Phi) is 3.70. The van der Waals surface area contributed by atoms with E-state index >= 15 is 0 Å². The molecule has 0 fully saturated rings. The van der Waals surface area contributed by atoms with Crippen molar-refractivity contribution in [3.8, 4) is 0 Å². The standard InChI is InChI=1S/C15H18FN3S/c1-10(2)19-9-11(8-17-19)18-14-6-7-20-15-12(14)4-3-5-13(15)16/h3-5,8-10,14,18H,6-7H2,1-2H3. The molecular formula is C15H18FN3S. The molecule has 1 aromatic carbocycles. The van der Waals surface area contributed by atoms with Crippen LogP contribution in [0.3, 0.4) is 0 Å². The fourth-order valence-electron chi connectivity index (χ4n) is 2.43. The van der Waals surface area contributed by atoms with Gasteiger partial charge in [-0.2, -0.15) is 5.10 Å². The van der Waals surface area contributed by atoms with Crippen LogP contribution in [0.4, 0.5) is 10.1 Å². The van der Waals surface area contributed by atoms with Crippen LogP contribution < -0.4 is 5.32 Å². The highest BCUT2D eigenvalue weighted by Gasteiger charge is 2.23. The molecule has 0 bridgehead atoms. The highest BCUT2D eigenvalue weighted by atomic mass is 32.2. The van der Waals surface area contributed by atoms with Gasteiger partial charge in [-0.05, 0) is 31.9 Å². The van der Waals surface area contributed by atoms with E-state index in [1.165, 1.54) is 6.07 Å². The van der Waals surface area contributed by atoms with Crippen LogP contribution in [0.2, 0.25) is 0 Å². The molecule has 3 nitrogen and oxygen atoms in total. The summed E-state index contributed by atoms with van der Waals surface area (Å²) in [5, 5.41) is 7.81. The lowest BCUT2D eigenvalue weighted by atomic mass is 10.0. The van der Waals surface area contributed by atoms with Crippen LogP contribution in [-0.4, -0.2) is 15.5 Å².